The molecule has 342 valence electrons. The fourth-order valence-corrected chi connectivity index (χ4v) is 9.68. The first-order chi connectivity index (χ1) is 29.7. The number of hydrogen-bond acceptors (Lipinski definition) is 5. The molecule has 2 atom stereocenters. The van der Waals surface area contributed by atoms with E-state index in [0.29, 0.717) is 0 Å². The predicted octanol–water partition coefficient (Wildman–Crippen LogP) is 15.1. The summed E-state index contributed by atoms with van der Waals surface area (Å²) in [7, 11) is 0. The number of benzene rings is 4. The second-order valence-electron chi connectivity index (χ2n) is 22.6. The monoisotopic (exact) mass is 865 g/mol. The van der Waals surface area contributed by atoms with E-state index < -0.39 is 6.10 Å². The van der Waals surface area contributed by atoms with E-state index in [0.717, 1.165) is 45.3 Å². The van der Waals surface area contributed by atoms with Crippen molar-refractivity contribution in [3.05, 3.63) is 175 Å². The van der Waals surface area contributed by atoms with Crippen molar-refractivity contribution in [1.29, 1.82) is 0 Å². The van der Waals surface area contributed by atoms with Crippen molar-refractivity contribution in [3.8, 4) is 11.5 Å². The highest BCUT2D eigenvalue weighted by atomic mass is 16.5. The topological polar surface area (TPSA) is 65.0 Å². The van der Waals surface area contributed by atoms with Crippen LogP contribution in [0.5, 0.6) is 11.5 Å². The van der Waals surface area contributed by atoms with Gasteiger partial charge in [-0.1, -0.05) is 119 Å². The van der Waals surface area contributed by atoms with E-state index in [9.17, 15) is 5.11 Å². The van der Waals surface area contributed by atoms with E-state index in [1.165, 1.54) is 55.6 Å². The van der Waals surface area contributed by atoms with Crippen LogP contribution in [0.15, 0.2) is 94.2 Å². The minimum Gasteiger partial charge on any atom is -0.490 e. The molecule has 0 spiro atoms. The number of ether oxygens (including phenoxy) is 2. The van der Waals surface area contributed by atoms with E-state index in [4.69, 9.17) is 18.3 Å². The van der Waals surface area contributed by atoms with Crippen LogP contribution in [0.25, 0.3) is 0 Å². The molecule has 0 saturated carbocycles. The van der Waals surface area contributed by atoms with Crippen molar-refractivity contribution >= 4 is 0 Å². The molecule has 0 radical (unpaired) electrons. The average molecular weight is 865 g/mol. The van der Waals surface area contributed by atoms with Gasteiger partial charge in [0.2, 0.25) is 0 Å². The van der Waals surface area contributed by atoms with E-state index >= 15 is 0 Å². The van der Waals surface area contributed by atoms with Crippen molar-refractivity contribution in [1.82, 2.24) is 0 Å². The summed E-state index contributed by atoms with van der Waals surface area (Å²) >= 11 is 0. The van der Waals surface area contributed by atoms with Gasteiger partial charge in [0, 0.05) is 0 Å². The van der Waals surface area contributed by atoms with Gasteiger partial charge in [-0.2, -0.15) is 0 Å². The minimum atomic E-state index is -0.871. The van der Waals surface area contributed by atoms with Crippen molar-refractivity contribution in [2.45, 2.75) is 164 Å². The number of aliphatic hydroxyl groups is 1. The number of aryl methyl sites for hydroxylation is 6. The Morgan fingerprint density at radius 3 is 1.00 bits per heavy atom. The van der Waals surface area contributed by atoms with Gasteiger partial charge in [-0.05, 0) is 177 Å². The molecule has 5 heteroatoms. The van der Waals surface area contributed by atoms with Gasteiger partial charge < -0.3 is 23.4 Å². The highest BCUT2D eigenvalue weighted by molar-refractivity contribution is 5.56. The maximum Gasteiger partial charge on any atom is 0.123 e. The summed E-state index contributed by atoms with van der Waals surface area (Å²) in [5.74, 6) is 3.14. The van der Waals surface area contributed by atoms with Gasteiger partial charge in [0.1, 0.15) is 42.3 Å². The molecule has 0 aliphatic rings. The van der Waals surface area contributed by atoms with E-state index in [-0.39, 0.29) is 46.7 Å². The Bertz CT molecular complexity index is 2380. The summed E-state index contributed by atoms with van der Waals surface area (Å²) in [6, 6.07) is 26.4. The Labute approximate surface area is 385 Å². The van der Waals surface area contributed by atoms with Crippen LogP contribution in [0.4, 0.5) is 0 Å². The third-order valence-electron chi connectivity index (χ3n) is 13.0. The molecule has 6 aromatic rings. The molecule has 4 aromatic carbocycles. The number of furan rings is 2. The van der Waals surface area contributed by atoms with Crippen LogP contribution < -0.4 is 9.47 Å². The molecule has 6 rings (SSSR count). The first kappa shape index (κ1) is 48.5. The quantitative estimate of drug-likeness (QED) is 0.133. The van der Waals surface area contributed by atoms with Gasteiger partial charge in [0.05, 0.1) is 24.4 Å². The number of rotatable bonds is 12. The standard InChI is InChI=1S/C59H76O5/c1-35-25-39(5)46(56(7,8)9)29-42(35)54(50-21-19-23-61-50)44-31-48(58(13,14)15)52(27-37(44)3)63-33-41(60)34-64-53-28-38(4)45(32-49(53)59(16,17)18)55(51-22-20-24-62-51)43-30-47(57(10,11)12)40(6)26-36(43)2/h19-32,41,54-55,60H,33-34H2,1-18H3. The Hall–Kier alpha value is -5.00. The van der Waals surface area contributed by atoms with Gasteiger partial charge in [-0.3, -0.25) is 0 Å². The molecule has 0 saturated heterocycles. The molecule has 0 aliphatic carbocycles. The fourth-order valence-electron chi connectivity index (χ4n) is 9.68. The summed E-state index contributed by atoms with van der Waals surface area (Å²) in [5, 5.41) is 11.5. The molecule has 0 fully saturated rings. The molecule has 0 aliphatic heterocycles. The maximum absolute atomic E-state index is 11.5. The SMILES string of the molecule is Cc1cc(C)c(C(C)(C)C)cc1C(c1ccco1)c1cc(C(C)(C)C)c(OCC(O)COc2cc(C)c(C(c3ccco3)c3cc(C(C)(C)C)c(C)cc3C)cc2C(C)(C)C)cc1C. The Morgan fingerprint density at radius 2 is 0.719 bits per heavy atom. The lowest BCUT2D eigenvalue weighted by molar-refractivity contribution is 0.0612. The van der Waals surface area contributed by atoms with Crippen molar-refractivity contribution in [2.75, 3.05) is 13.2 Å². The smallest absolute Gasteiger partial charge is 0.123 e. The molecule has 0 bridgehead atoms. The average Bonchev–Trinajstić information content (AvgIpc) is 3.90. The molecule has 2 aromatic heterocycles. The first-order valence-corrected chi connectivity index (χ1v) is 23.2. The third kappa shape index (κ3) is 10.4. The predicted molar refractivity (Wildman–Crippen MR) is 265 cm³/mol. The second-order valence-corrected chi connectivity index (χ2v) is 22.6. The van der Waals surface area contributed by atoms with Crippen LogP contribution in [-0.2, 0) is 21.7 Å². The van der Waals surface area contributed by atoms with Crippen LogP contribution in [0.1, 0.15) is 184 Å². The van der Waals surface area contributed by atoms with Gasteiger partial charge in [0.25, 0.3) is 0 Å². The lowest BCUT2D eigenvalue weighted by atomic mass is 9.76. The van der Waals surface area contributed by atoms with Crippen LogP contribution >= 0.6 is 0 Å². The van der Waals surface area contributed by atoms with Crippen molar-refractivity contribution in [2.24, 2.45) is 0 Å². The highest BCUT2D eigenvalue weighted by Gasteiger charge is 2.32. The van der Waals surface area contributed by atoms with Gasteiger partial charge in [0.15, 0.2) is 0 Å². The lowest BCUT2D eigenvalue weighted by Crippen LogP contribution is -2.27. The highest BCUT2D eigenvalue weighted by Crippen LogP contribution is 2.45. The van der Waals surface area contributed by atoms with Crippen molar-refractivity contribution in [3.63, 3.8) is 0 Å². The molecular weight excluding hydrogens is 789 g/mol. The largest absolute Gasteiger partial charge is 0.490 e. The second kappa shape index (κ2) is 18.1. The van der Waals surface area contributed by atoms with E-state index in [2.05, 4.69) is 185 Å². The van der Waals surface area contributed by atoms with Crippen molar-refractivity contribution < 1.29 is 23.4 Å². The van der Waals surface area contributed by atoms with Gasteiger partial charge in [-0.15, -0.1) is 0 Å². The zero-order valence-electron chi connectivity index (χ0n) is 42.3. The first-order valence-electron chi connectivity index (χ1n) is 23.2. The molecule has 1 N–H and O–H groups in total. The number of aliphatic hydroxyl groups excluding tert-OH is 1. The Morgan fingerprint density at radius 1 is 0.422 bits per heavy atom. The molecule has 2 unspecified atom stereocenters. The molecule has 2 heterocycles. The Kier molecular flexibility index (Phi) is 13.7. The number of hydrogen-bond donors (Lipinski definition) is 1. The molecular formula is C59H76O5. The zero-order chi connectivity index (χ0) is 47.3. The summed E-state index contributed by atoms with van der Waals surface area (Å²) in [6.45, 7) is 40.2. The summed E-state index contributed by atoms with van der Waals surface area (Å²) in [6.07, 6.45) is 2.66. The van der Waals surface area contributed by atoms with Crippen LogP contribution in [-0.4, -0.2) is 24.4 Å². The summed E-state index contributed by atoms with van der Waals surface area (Å²) in [5.41, 5.74) is 16.4. The molecule has 0 amide bonds. The summed E-state index contributed by atoms with van der Waals surface area (Å²) in [4.78, 5) is 0. The van der Waals surface area contributed by atoms with E-state index in [1.54, 1.807) is 12.5 Å². The molecule has 64 heavy (non-hydrogen) atoms. The normalized spacial score (nSPS) is 14.1. The van der Waals surface area contributed by atoms with Crippen LogP contribution in [0, 0.1) is 41.5 Å². The fraction of sp³-hybridized carbons (Fsp3) is 0.458. The van der Waals surface area contributed by atoms with Crippen LogP contribution in [0.3, 0.4) is 0 Å². The third-order valence-corrected chi connectivity index (χ3v) is 13.0. The van der Waals surface area contributed by atoms with E-state index in [1.807, 2.05) is 12.1 Å². The molecule has 5 nitrogen and oxygen atoms in total. The minimum absolute atomic E-state index is 0.00815. The zero-order valence-corrected chi connectivity index (χ0v) is 42.3. The maximum atomic E-state index is 11.5. The summed E-state index contributed by atoms with van der Waals surface area (Å²) < 4.78 is 25.6. The van der Waals surface area contributed by atoms with Gasteiger partial charge in [-0.25, -0.2) is 0 Å². The lowest BCUT2D eigenvalue weighted by Gasteiger charge is -2.30. The Balaban J connectivity index is 1.30. The van der Waals surface area contributed by atoms with Gasteiger partial charge >= 0.3 is 0 Å². The van der Waals surface area contributed by atoms with Crippen LogP contribution in [0.2, 0.25) is 0 Å².